The van der Waals surface area contributed by atoms with E-state index in [1.807, 2.05) is 19.1 Å². The number of fused-ring (bicyclic) bond motifs is 1. The fraction of sp³-hybridized carbons (Fsp3) is 0.385. The van der Waals surface area contributed by atoms with Crippen LogP contribution in [0.1, 0.15) is 18.9 Å². The number of aromatic nitrogens is 1. The molecule has 0 amide bonds. The van der Waals surface area contributed by atoms with Crippen LogP contribution >= 0.6 is 0 Å². The molecule has 0 radical (unpaired) electrons. The third kappa shape index (κ3) is 2.19. The number of benzene rings is 1. The Bertz CT molecular complexity index is 474. The highest BCUT2D eigenvalue weighted by Gasteiger charge is 2.05. The first-order valence-corrected chi connectivity index (χ1v) is 5.60. The fourth-order valence-corrected chi connectivity index (χ4v) is 1.88. The van der Waals surface area contributed by atoms with Crippen LogP contribution in [0, 0.1) is 0 Å². The number of aryl methyl sites for hydroxylation is 1. The molecule has 1 aromatic carbocycles. The van der Waals surface area contributed by atoms with Crippen molar-refractivity contribution in [2.45, 2.75) is 25.8 Å². The van der Waals surface area contributed by atoms with Gasteiger partial charge in [-0.3, -0.25) is 0 Å². The van der Waals surface area contributed by atoms with E-state index >= 15 is 0 Å². The van der Waals surface area contributed by atoms with Crippen LogP contribution in [-0.4, -0.2) is 18.1 Å². The normalized spacial score (nSPS) is 12.9. The number of nitrogens with two attached hydrogens (primary N) is 1. The van der Waals surface area contributed by atoms with Crippen molar-refractivity contribution in [2.24, 2.45) is 5.73 Å². The molecule has 1 heterocycles. The standard InChI is InChI=1S/C13H18N2O/c1-9(14)3-4-10-8-15-13-7-11(16-2)5-6-12(10)13/h5-9,15H,3-4,14H2,1-2H3. The molecule has 16 heavy (non-hydrogen) atoms. The number of aromatic amines is 1. The molecule has 0 saturated carbocycles. The third-order valence-corrected chi connectivity index (χ3v) is 2.84. The lowest BCUT2D eigenvalue weighted by molar-refractivity contribution is 0.415. The van der Waals surface area contributed by atoms with Gasteiger partial charge in [-0.2, -0.15) is 0 Å². The Labute approximate surface area is 95.6 Å². The zero-order valence-corrected chi connectivity index (χ0v) is 9.79. The number of hydrogen-bond acceptors (Lipinski definition) is 2. The van der Waals surface area contributed by atoms with Crippen molar-refractivity contribution < 1.29 is 4.74 Å². The Morgan fingerprint density at radius 1 is 1.44 bits per heavy atom. The van der Waals surface area contributed by atoms with Crippen molar-refractivity contribution in [2.75, 3.05) is 7.11 Å². The van der Waals surface area contributed by atoms with E-state index in [1.165, 1.54) is 10.9 Å². The van der Waals surface area contributed by atoms with Gasteiger partial charge < -0.3 is 15.5 Å². The lowest BCUT2D eigenvalue weighted by atomic mass is 10.1. The number of H-pyrrole nitrogens is 1. The van der Waals surface area contributed by atoms with Crippen LogP contribution < -0.4 is 10.5 Å². The summed E-state index contributed by atoms with van der Waals surface area (Å²) >= 11 is 0. The van der Waals surface area contributed by atoms with Gasteiger partial charge in [0.25, 0.3) is 0 Å². The second-order valence-corrected chi connectivity index (χ2v) is 4.24. The van der Waals surface area contributed by atoms with Crippen LogP contribution in [-0.2, 0) is 6.42 Å². The van der Waals surface area contributed by atoms with Crippen molar-refractivity contribution >= 4 is 10.9 Å². The molecule has 0 fully saturated rings. The first kappa shape index (κ1) is 11.0. The van der Waals surface area contributed by atoms with Gasteiger partial charge in [0.1, 0.15) is 5.75 Å². The number of nitrogens with one attached hydrogen (secondary N) is 1. The van der Waals surface area contributed by atoms with Crippen LogP contribution in [0.25, 0.3) is 10.9 Å². The smallest absolute Gasteiger partial charge is 0.120 e. The molecule has 1 unspecified atom stereocenters. The van der Waals surface area contributed by atoms with E-state index in [0.29, 0.717) is 0 Å². The van der Waals surface area contributed by atoms with Gasteiger partial charge in [-0.25, -0.2) is 0 Å². The molecule has 3 nitrogen and oxygen atoms in total. The van der Waals surface area contributed by atoms with E-state index in [9.17, 15) is 0 Å². The van der Waals surface area contributed by atoms with Crippen molar-refractivity contribution in [3.05, 3.63) is 30.0 Å². The van der Waals surface area contributed by atoms with Gasteiger partial charge in [-0.05, 0) is 37.5 Å². The summed E-state index contributed by atoms with van der Waals surface area (Å²) in [6, 6.07) is 6.36. The van der Waals surface area contributed by atoms with Crippen molar-refractivity contribution in [1.82, 2.24) is 4.98 Å². The van der Waals surface area contributed by atoms with Crippen LogP contribution in [0.4, 0.5) is 0 Å². The summed E-state index contributed by atoms with van der Waals surface area (Å²) in [6.07, 6.45) is 4.09. The Kier molecular flexibility index (Phi) is 3.15. The Morgan fingerprint density at radius 3 is 2.94 bits per heavy atom. The van der Waals surface area contributed by atoms with Gasteiger partial charge in [-0.15, -0.1) is 0 Å². The molecule has 0 saturated heterocycles. The van der Waals surface area contributed by atoms with Crippen LogP contribution in [0.5, 0.6) is 5.75 Å². The Morgan fingerprint density at radius 2 is 2.25 bits per heavy atom. The average molecular weight is 218 g/mol. The van der Waals surface area contributed by atoms with Gasteiger partial charge in [0, 0.05) is 29.2 Å². The molecular formula is C13H18N2O. The van der Waals surface area contributed by atoms with E-state index in [4.69, 9.17) is 10.5 Å². The average Bonchev–Trinajstić information content (AvgIpc) is 2.68. The van der Waals surface area contributed by atoms with Gasteiger partial charge in [0.05, 0.1) is 7.11 Å². The largest absolute Gasteiger partial charge is 0.497 e. The Hall–Kier alpha value is -1.48. The summed E-state index contributed by atoms with van der Waals surface area (Å²) in [5.74, 6) is 0.882. The molecule has 0 aliphatic carbocycles. The van der Waals surface area contributed by atoms with Crippen LogP contribution in [0.15, 0.2) is 24.4 Å². The molecule has 2 aromatic rings. The second-order valence-electron chi connectivity index (χ2n) is 4.24. The number of hydrogen-bond donors (Lipinski definition) is 2. The summed E-state index contributed by atoms with van der Waals surface area (Å²) in [7, 11) is 1.68. The topological polar surface area (TPSA) is 51.0 Å². The van der Waals surface area contributed by atoms with Gasteiger partial charge in [0.2, 0.25) is 0 Å². The second kappa shape index (κ2) is 4.58. The van der Waals surface area contributed by atoms with E-state index in [0.717, 1.165) is 24.1 Å². The quantitative estimate of drug-likeness (QED) is 0.828. The number of rotatable bonds is 4. The highest BCUT2D eigenvalue weighted by atomic mass is 16.5. The molecule has 2 rings (SSSR count). The van der Waals surface area contributed by atoms with Gasteiger partial charge >= 0.3 is 0 Å². The van der Waals surface area contributed by atoms with E-state index in [-0.39, 0.29) is 6.04 Å². The SMILES string of the molecule is COc1ccc2c(CCC(C)N)c[nH]c2c1. The van der Waals surface area contributed by atoms with Gasteiger partial charge in [0.15, 0.2) is 0 Å². The summed E-state index contributed by atoms with van der Waals surface area (Å²) in [5.41, 5.74) is 8.22. The zero-order valence-electron chi connectivity index (χ0n) is 9.79. The van der Waals surface area contributed by atoms with Crippen molar-refractivity contribution in [1.29, 1.82) is 0 Å². The lowest BCUT2D eigenvalue weighted by Gasteiger charge is -2.04. The summed E-state index contributed by atoms with van der Waals surface area (Å²) in [6.45, 7) is 2.04. The zero-order chi connectivity index (χ0) is 11.5. The molecule has 0 aliphatic rings. The monoisotopic (exact) mass is 218 g/mol. The molecule has 0 bridgehead atoms. The Balaban J connectivity index is 2.27. The molecule has 0 spiro atoms. The number of ether oxygens (including phenoxy) is 1. The fourth-order valence-electron chi connectivity index (χ4n) is 1.88. The first-order chi connectivity index (χ1) is 7.70. The molecule has 86 valence electrons. The maximum atomic E-state index is 5.77. The van der Waals surface area contributed by atoms with E-state index in [2.05, 4.69) is 17.2 Å². The lowest BCUT2D eigenvalue weighted by Crippen LogP contribution is -2.15. The number of methoxy groups -OCH3 is 1. The van der Waals surface area contributed by atoms with Gasteiger partial charge in [-0.1, -0.05) is 0 Å². The maximum absolute atomic E-state index is 5.77. The molecular weight excluding hydrogens is 200 g/mol. The van der Waals surface area contributed by atoms with Crippen LogP contribution in [0.2, 0.25) is 0 Å². The minimum absolute atomic E-state index is 0.253. The predicted octanol–water partition coefficient (Wildman–Crippen LogP) is 2.46. The highest BCUT2D eigenvalue weighted by Crippen LogP contribution is 2.24. The molecule has 0 aliphatic heterocycles. The molecule has 3 heteroatoms. The van der Waals surface area contributed by atoms with Crippen molar-refractivity contribution in [3.8, 4) is 5.75 Å². The maximum Gasteiger partial charge on any atom is 0.120 e. The molecule has 1 atom stereocenters. The predicted molar refractivity (Wildman–Crippen MR) is 66.8 cm³/mol. The molecule has 3 N–H and O–H groups in total. The summed E-state index contributed by atoms with van der Waals surface area (Å²) < 4.78 is 5.19. The minimum atomic E-state index is 0.253. The van der Waals surface area contributed by atoms with Crippen molar-refractivity contribution in [3.63, 3.8) is 0 Å². The highest BCUT2D eigenvalue weighted by molar-refractivity contribution is 5.84. The molecule has 1 aromatic heterocycles. The third-order valence-electron chi connectivity index (χ3n) is 2.84. The summed E-state index contributed by atoms with van der Waals surface area (Å²) in [5, 5.41) is 1.27. The van der Waals surface area contributed by atoms with E-state index in [1.54, 1.807) is 7.11 Å². The summed E-state index contributed by atoms with van der Waals surface area (Å²) in [4.78, 5) is 3.27. The van der Waals surface area contributed by atoms with Crippen LogP contribution in [0.3, 0.4) is 0 Å². The first-order valence-electron chi connectivity index (χ1n) is 5.60. The minimum Gasteiger partial charge on any atom is -0.497 e. The van der Waals surface area contributed by atoms with E-state index < -0.39 is 0 Å².